The van der Waals surface area contributed by atoms with Crippen LogP contribution in [-0.2, 0) is 6.54 Å². The molecule has 0 bridgehead atoms. The van der Waals surface area contributed by atoms with Gasteiger partial charge in [-0.05, 0) is 36.8 Å². The maximum atomic E-state index is 5.24. The maximum Gasteiger partial charge on any atom is 0.161 e. The summed E-state index contributed by atoms with van der Waals surface area (Å²) in [6.07, 6.45) is 3.61. The Balaban J connectivity index is 2.32. The summed E-state index contributed by atoms with van der Waals surface area (Å²) in [5.41, 5.74) is 2.45. The molecule has 0 spiro atoms. The molecule has 2 aromatic heterocycles. The number of rotatable bonds is 2. The molecule has 14 heavy (non-hydrogen) atoms. The second-order valence-electron chi connectivity index (χ2n) is 3.08. The molecule has 0 saturated carbocycles. The van der Waals surface area contributed by atoms with Gasteiger partial charge in [-0.1, -0.05) is 0 Å². The van der Waals surface area contributed by atoms with Gasteiger partial charge in [0.15, 0.2) is 3.95 Å². The van der Waals surface area contributed by atoms with Gasteiger partial charge in [0.25, 0.3) is 0 Å². The zero-order chi connectivity index (χ0) is 9.97. The molecule has 2 heterocycles. The van der Waals surface area contributed by atoms with Crippen molar-refractivity contribution in [2.75, 3.05) is 0 Å². The third-order valence-corrected chi connectivity index (χ3v) is 3.46. The molecule has 4 heteroatoms. The van der Waals surface area contributed by atoms with E-state index in [4.69, 9.17) is 12.2 Å². The quantitative estimate of drug-likeness (QED) is 0.727. The lowest BCUT2D eigenvalue weighted by Gasteiger charge is -2.04. The molecule has 0 fully saturated rings. The lowest BCUT2D eigenvalue weighted by molar-refractivity contribution is 0.769. The van der Waals surface area contributed by atoms with E-state index in [-0.39, 0.29) is 0 Å². The molecule has 0 aliphatic heterocycles. The van der Waals surface area contributed by atoms with Gasteiger partial charge in [-0.25, -0.2) is 0 Å². The van der Waals surface area contributed by atoms with E-state index < -0.39 is 0 Å². The molecule has 0 amide bonds. The molecule has 0 aliphatic rings. The van der Waals surface area contributed by atoms with Crippen LogP contribution in [0.2, 0.25) is 0 Å². The van der Waals surface area contributed by atoms with Gasteiger partial charge in [0.05, 0.1) is 0 Å². The van der Waals surface area contributed by atoms with Crippen molar-refractivity contribution < 1.29 is 0 Å². The maximum absolute atomic E-state index is 5.24. The van der Waals surface area contributed by atoms with Gasteiger partial charge in [-0.15, -0.1) is 11.3 Å². The molecule has 72 valence electrons. The van der Waals surface area contributed by atoms with E-state index in [0.29, 0.717) is 0 Å². The van der Waals surface area contributed by atoms with Gasteiger partial charge in [-0.2, -0.15) is 0 Å². The van der Waals surface area contributed by atoms with Crippen molar-refractivity contribution in [1.82, 2.24) is 9.55 Å². The second kappa shape index (κ2) is 4.02. The van der Waals surface area contributed by atoms with Crippen molar-refractivity contribution >= 4 is 23.6 Å². The monoisotopic (exact) mass is 222 g/mol. The van der Waals surface area contributed by atoms with Gasteiger partial charge >= 0.3 is 0 Å². The summed E-state index contributed by atoms with van der Waals surface area (Å²) in [5.74, 6) is 0. The number of thiazole rings is 1. The molecule has 0 aromatic carbocycles. The van der Waals surface area contributed by atoms with Gasteiger partial charge in [0, 0.05) is 30.0 Å². The molecule has 2 aromatic rings. The van der Waals surface area contributed by atoms with Crippen molar-refractivity contribution in [2.45, 2.75) is 13.5 Å². The highest BCUT2D eigenvalue weighted by molar-refractivity contribution is 7.73. The number of pyridine rings is 1. The third kappa shape index (κ3) is 1.91. The fourth-order valence-electron chi connectivity index (χ4n) is 1.27. The Morgan fingerprint density at radius 3 is 2.71 bits per heavy atom. The molecule has 2 rings (SSSR count). The highest BCUT2D eigenvalue weighted by atomic mass is 32.1. The molecule has 0 unspecified atom stereocenters. The Kier molecular flexibility index (Phi) is 2.74. The molecule has 0 radical (unpaired) electrons. The Morgan fingerprint density at radius 1 is 1.43 bits per heavy atom. The zero-order valence-corrected chi connectivity index (χ0v) is 9.44. The fourth-order valence-corrected chi connectivity index (χ4v) is 2.35. The van der Waals surface area contributed by atoms with Crippen molar-refractivity contribution in [3.05, 3.63) is 45.1 Å². The molecule has 0 saturated heterocycles. The number of hydrogen-bond acceptors (Lipinski definition) is 3. The van der Waals surface area contributed by atoms with Crippen LogP contribution in [-0.4, -0.2) is 9.55 Å². The zero-order valence-electron chi connectivity index (χ0n) is 7.80. The molecule has 0 atom stereocenters. The van der Waals surface area contributed by atoms with Crippen LogP contribution in [0.4, 0.5) is 0 Å². The minimum atomic E-state index is 0.844. The average Bonchev–Trinajstić information content (AvgIpc) is 2.51. The van der Waals surface area contributed by atoms with Crippen LogP contribution in [0.15, 0.2) is 29.9 Å². The fraction of sp³-hybridized carbons (Fsp3) is 0.200. The van der Waals surface area contributed by atoms with E-state index in [2.05, 4.69) is 21.9 Å². The van der Waals surface area contributed by atoms with Crippen LogP contribution in [0.1, 0.15) is 11.3 Å². The van der Waals surface area contributed by atoms with Crippen LogP contribution in [0, 0.1) is 10.9 Å². The second-order valence-corrected chi connectivity index (χ2v) is 4.59. The molecular formula is C10H10N2S2. The van der Waals surface area contributed by atoms with Crippen LogP contribution in [0.5, 0.6) is 0 Å². The first-order valence-corrected chi connectivity index (χ1v) is 5.60. The Labute approximate surface area is 91.9 Å². The summed E-state index contributed by atoms with van der Waals surface area (Å²) in [5, 5.41) is 2.09. The van der Waals surface area contributed by atoms with Crippen LogP contribution in [0.25, 0.3) is 0 Å². The first-order chi connectivity index (χ1) is 6.77. The number of aromatic nitrogens is 2. The van der Waals surface area contributed by atoms with Crippen molar-refractivity contribution in [3.8, 4) is 0 Å². The largest absolute Gasteiger partial charge is 0.323 e. The average molecular weight is 222 g/mol. The predicted octanol–water partition coefficient (Wildman–Crippen LogP) is 3.03. The van der Waals surface area contributed by atoms with E-state index in [9.17, 15) is 0 Å². The number of nitrogens with zero attached hydrogens (tertiary/aromatic N) is 2. The van der Waals surface area contributed by atoms with E-state index in [1.165, 1.54) is 11.3 Å². The summed E-state index contributed by atoms with van der Waals surface area (Å²) >= 11 is 6.85. The number of hydrogen-bond donors (Lipinski definition) is 0. The molecule has 2 nitrogen and oxygen atoms in total. The lowest BCUT2D eigenvalue weighted by Crippen LogP contribution is -2.00. The highest BCUT2D eigenvalue weighted by Gasteiger charge is 2.00. The minimum Gasteiger partial charge on any atom is -0.323 e. The molecule has 0 N–H and O–H groups in total. The highest BCUT2D eigenvalue weighted by Crippen LogP contribution is 2.12. The van der Waals surface area contributed by atoms with Crippen molar-refractivity contribution in [2.24, 2.45) is 0 Å². The minimum absolute atomic E-state index is 0.844. The Bertz CT molecular complexity index is 470. The van der Waals surface area contributed by atoms with Gasteiger partial charge < -0.3 is 4.57 Å². The summed E-state index contributed by atoms with van der Waals surface area (Å²) < 4.78 is 3.06. The standard InChI is InChI=1S/C10H10N2S2/c1-8-7-14-10(13)12(8)6-9-2-4-11-5-3-9/h2-5,7H,6H2,1H3. The van der Waals surface area contributed by atoms with E-state index in [0.717, 1.165) is 10.5 Å². The predicted molar refractivity (Wildman–Crippen MR) is 61.2 cm³/mol. The van der Waals surface area contributed by atoms with Crippen molar-refractivity contribution in [1.29, 1.82) is 0 Å². The summed E-state index contributed by atoms with van der Waals surface area (Å²) in [6.45, 7) is 2.92. The SMILES string of the molecule is Cc1csc(=S)n1Cc1ccncc1. The smallest absolute Gasteiger partial charge is 0.161 e. The first kappa shape index (κ1) is 9.55. The molecular weight excluding hydrogens is 212 g/mol. The van der Waals surface area contributed by atoms with Crippen LogP contribution >= 0.6 is 23.6 Å². The third-order valence-electron chi connectivity index (χ3n) is 2.07. The van der Waals surface area contributed by atoms with E-state index in [1.54, 1.807) is 23.7 Å². The van der Waals surface area contributed by atoms with Gasteiger partial charge in [0.1, 0.15) is 0 Å². The number of aryl methyl sites for hydroxylation is 1. The van der Waals surface area contributed by atoms with E-state index in [1.807, 2.05) is 12.1 Å². The first-order valence-electron chi connectivity index (χ1n) is 4.31. The van der Waals surface area contributed by atoms with Crippen LogP contribution in [0.3, 0.4) is 0 Å². The summed E-state index contributed by atoms with van der Waals surface area (Å²) in [6, 6.07) is 4.03. The van der Waals surface area contributed by atoms with Gasteiger partial charge in [0.2, 0.25) is 0 Å². The topological polar surface area (TPSA) is 17.8 Å². The Hall–Kier alpha value is -1.00. The Morgan fingerprint density at radius 2 is 2.14 bits per heavy atom. The lowest BCUT2D eigenvalue weighted by atomic mass is 10.2. The normalized spacial score (nSPS) is 10.4. The van der Waals surface area contributed by atoms with Crippen molar-refractivity contribution in [3.63, 3.8) is 0 Å². The van der Waals surface area contributed by atoms with E-state index >= 15 is 0 Å². The van der Waals surface area contributed by atoms with Gasteiger partial charge in [-0.3, -0.25) is 4.98 Å². The van der Waals surface area contributed by atoms with Crippen LogP contribution < -0.4 is 0 Å². The summed E-state index contributed by atoms with van der Waals surface area (Å²) in [4.78, 5) is 3.99. The summed E-state index contributed by atoms with van der Waals surface area (Å²) in [7, 11) is 0. The molecule has 0 aliphatic carbocycles.